The van der Waals surface area contributed by atoms with Crippen LogP contribution >= 0.6 is 0 Å². The van der Waals surface area contributed by atoms with E-state index in [4.69, 9.17) is 9.47 Å². The molecular weight excluding hydrogens is 558 g/mol. The zero-order valence-electron chi connectivity index (χ0n) is 23.8. The number of sulfone groups is 1. The number of ether oxygens (including phenoxy) is 2. The number of aryl methyl sites for hydroxylation is 1. The predicted octanol–water partition coefficient (Wildman–Crippen LogP) is 5.24. The fourth-order valence-corrected chi connectivity index (χ4v) is 6.00. The van der Waals surface area contributed by atoms with Crippen LogP contribution in [0.4, 0.5) is 13.6 Å². The van der Waals surface area contributed by atoms with Crippen molar-refractivity contribution >= 4 is 21.8 Å². The highest BCUT2D eigenvalue weighted by molar-refractivity contribution is 7.91. The van der Waals surface area contributed by atoms with Crippen LogP contribution in [0, 0.1) is 0 Å². The van der Waals surface area contributed by atoms with Crippen molar-refractivity contribution in [1.82, 2.24) is 10.2 Å². The van der Waals surface area contributed by atoms with Crippen molar-refractivity contribution in [3.63, 3.8) is 0 Å². The lowest BCUT2D eigenvalue weighted by molar-refractivity contribution is -0.175. The molecule has 1 atom stereocenters. The Kier molecular flexibility index (Phi) is 10.2. The van der Waals surface area contributed by atoms with Gasteiger partial charge in [-0.3, -0.25) is 0 Å². The van der Waals surface area contributed by atoms with Gasteiger partial charge >= 0.3 is 12.0 Å². The molecule has 2 aromatic rings. The molecule has 0 heterocycles. The largest absolute Gasteiger partial charge is 0.492 e. The Labute approximate surface area is 239 Å². The van der Waals surface area contributed by atoms with Crippen molar-refractivity contribution in [3.8, 4) is 11.5 Å². The van der Waals surface area contributed by atoms with Crippen molar-refractivity contribution < 1.29 is 41.4 Å². The topological polar surface area (TPSA) is 122 Å². The second-order valence-electron chi connectivity index (χ2n) is 10.3. The predicted molar refractivity (Wildman–Crippen MR) is 149 cm³/mol. The Morgan fingerprint density at radius 2 is 1.61 bits per heavy atom. The normalized spacial score (nSPS) is 16.2. The lowest BCUT2D eigenvalue weighted by Crippen LogP contribution is -2.68. The van der Waals surface area contributed by atoms with Crippen molar-refractivity contribution in [2.75, 3.05) is 26.0 Å². The summed E-state index contributed by atoms with van der Waals surface area (Å²) in [6.45, 7) is 5.63. The molecule has 2 aromatic carbocycles. The quantitative estimate of drug-likeness (QED) is 0.286. The van der Waals surface area contributed by atoms with Crippen molar-refractivity contribution in [2.24, 2.45) is 0 Å². The molecule has 1 fully saturated rings. The molecule has 1 unspecified atom stereocenters. The smallest absolute Gasteiger partial charge is 0.329 e. The molecule has 0 aromatic heterocycles. The molecule has 12 heteroatoms. The highest BCUT2D eigenvalue weighted by Gasteiger charge is 2.62. The lowest BCUT2D eigenvalue weighted by atomic mass is 9.73. The fraction of sp³-hybridized carbons (Fsp3) is 0.517. The number of rotatable bonds is 14. The maximum Gasteiger partial charge on any atom is 0.329 e. The minimum atomic E-state index is -3.75. The van der Waals surface area contributed by atoms with Crippen LogP contribution in [-0.4, -0.2) is 67.9 Å². The fourth-order valence-electron chi connectivity index (χ4n) is 5.04. The summed E-state index contributed by atoms with van der Waals surface area (Å²) in [4.78, 5) is 26.7. The highest BCUT2D eigenvalue weighted by Crippen LogP contribution is 2.46. The molecule has 3 rings (SSSR count). The van der Waals surface area contributed by atoms with E-state index < -0.39 is 52.2 Å². The number of urea groups is 1. The zero-order valence-corrected chi connectivity index (χ0v) is 24.6. The second kappa shape index (κ2) is 13.1. The number of halogens is 2. The Bertz CT molecular complexity index is 1300. The van der Waals surface area contributed by atoms with Crippen molar-refractivity contribution in [2.45, 2.75) is 75.3 Å². The third kappa shape index (κ3) is 7.87. The van der Waals surface area contributed by atoms with E-state index in [0.717, 1.165) is 18.2 Å². The zero-order chi connectivity index (χ0) is 30.4. The van der Waals surface area contributed by atoms with Crippen LogP contribution in [0.25, 0.3) is 0 Å². The number of hydrogen-bond donors (Lipinski definition) is 2. The molecule has 1 aliphatic rings. The molecule has 2 amide bonds. The van der Waals surface area contributed by atoms with E-state index in [9.17, 15) is 31.9 Å². The van der Waals surface area contributed by atoms with Crippen LogP contribution in [0.5, 0.6) is 11.5 Å². The number of carboxylic acids is 1. The van der Waals surface area contributed by atoms with Gasteiger partial charge in [0.1, 0.15) is 11.5 Å². The summed E-state index contributed by atoms with van der Waals surface area (Å²) in [5, 5.41) is 12.0. The van der Waals surface area contributed by atoms with E-state index in [1.807, 2.05) is 30.3 Å². The van der Waals surface area contributed by atoms with Crippen LogP contribution in [0.3, 0.4) is 0 Å². The van der Waals surface area contributed by atoms with Crippen molar-refractivity contribution in [3.05, 3.63) is 53.6 Å². The van der Waals surface area contributed by atoms with Gasteiger partial charge in [0.05, 0.1) is 19.3 Å². The summed E-state index contributed by atoms with van der Waals surface area (Å²) in [6, 6.07) is 11.3. The van der Waals surface area contributed by atoms with E-state index in [1.54, 1.807) is 20.8 Å². The lowest BCUT2D eigenvalue weighted by Gasteiger charge is -2.45. The number of hydrogen-bond acceptors (Lipinski definition) is 6. The van der Waals surface area contributed by atoms with E-state index >= 15 is 0 Å². The third-order valence-electron chi connectivity index (χ3n) is 7.06. The summed E-state index contributed by atoms with van der Waals surface area (Å²) < 4.78 is 64.0. The minimum Gasteiger partial charge on any atom is -0.492 e. The standard InChI is InChI=1S/C29H38F2N2O7S/c1-5-39-23-16-22(17-24(40-6-2)25(23)41(4,37)38)20(3)33(15-11-10-14-21-12-8-7-9-13-21)27(36)32-28(26(34)35)18-29(30,31)19-28/h7-9,12-13,16-17,20H,5-6,10-11,14-15,18-19H2,1-4H3,(H,32,36)(H,34,35). The number of unbranched alkanes of at least 4 members (excludes halogenated alkanes) is 1. The monoisotopic (exact) mass is 596 g/mol. The average Bonchev–Trinajstić information content (AvgIpc) is 2.87. The number of amides is 2. The Morgan fingerprint density at radius 1 is 1.05 bits per heavy atom. The Balaban J connectivity index is 1.95. The molecule has 0 aliphatic heterocycles. The molecule has 0 radical (unpaired) electrons. The van der Waals surface area contributed by atoms with Gasteiger partial charge in [-0.1, -0.05) is 30.3 Å². The SMILES string of the molecule is CCOc1cc(C(C)N(CCCCc2ccccc2)C(=O)NC2(C(=O)O)CC(F)(F)C2)cc(OCC)c1S(C)(=O)=O. The van der Waals surface area contributed by atoms with E-state index in [2.05, 4.69) is 5.32 Å². The number of benzene rings is 2. The number of aliphatic carboxylic acids is 1. The highest BCUT2D eigenvalue weighted by atomic mass is 32.2. The summed E-state index contributed by atoms with van der Waals surface area (Å²) in [6.07, 6.45) is 1.06. The average molecular weight is 597 g/mol. The number of carbonyl (C=O) groups excluding carboxylic acids is 1. The first-order valence-electron chi connectivity index (χ1n) is 13.6. The summed E-state index contributed by atoms with van der Waals surface area (Å²) in [5.74, 6) is -4.58. The summed E-state index contributed by atoms with van der Waals surface area (Å²) >= 11 is 0. The van der Waals surface area contributed by atoms with Crippen LogP contribution in [0.2, 0.25) is 0 Å². The second-order valence-corrected chi connectivity index (χ2v) is 12.3. The first-order valence-corrected chi connectivity index (χ1v) is 15.5. The summed E-state index contributed by atoms with van der Waals surface area (Å²) in [5.41, 5.74) is -0.474. The number of nitrogens with one attached hydrogen (secondary N) is 1. The van der Waals surface area contributed by atoms with Crippen LogP contribution in [-0.2, 0) is 21.1 Å². The third-order valence-corrected chi connectivity index (χ3v) is 8.20. The summed E-state index contributed by atoms with van der Waals surface area (Å²) in [7, 11) is -3.75. The van der Waals surface area contributed by atoms with E-state index in [0.29, 0.717) is 18.4 Å². The minimum absolute atomic E-state index is 0.0628. The van der Waals surface area contributed by atoms with Gasteiger partial charge in [0.25, 0.3) is 5.92 Å². The Hall–Kier alpha value is -3.41. The van der Waals surface area contributed by atoms with Gasteiger partial charge in [-0.2, -0.15) is 0 Å². The molecule has 0 bridgehead atoms. The molecule has 0 spiro atoms. The van der Waals surface area contributed by atoms with Gasteiger partial charge < -0.3 is 24.8 Å². The first-order chi connectivity index (χ1) is 19.2. The van der Waals surface area contributed by atoms with E-state index in [-0.39, 0.29) is 36.2 Å². The van der Waals surface area contributed by atoms with Crippen LogP contribution in [0.15, 0.2) is 47.4 Å². The van der Waals surface area contributed by atoms with E-state index in [1.165, 1.54) is 17.0 Å². The van der Waals surface area contributed by atoms with Gasteiger partial charge in [-0.15, -0.1) is 0 Å². The van der Waals surface area contributed by atoms with Crippen LogP contribution < -0.4 is 14.8 Å². The molecule has 0 saturated heterocycles. The Morgan fingerprint density at radius 3 is 2.07 bits per heavy atom. The van der Waals surface area contributed by atoms with Gasteiger partial charge in [-0.05, 0) is 63.3 Å². The van der Waals surface area contributed by atoms with Crippen LogP contribution in [0.1, 0.15) is 63.6 Å². The van der Waals surface area contributed by atoms with Gasteiger partial charge in [0.2, 0.25) is 0 Å². The maximum atomic E-state index is 13.7. The molecule has 2 N–H and O–H groups in total. The number of nitrogens with zero attached hydrogens (tertiary/aromatic N) is 1. The molecule has 9 nitrogen and oxygen atoms in total. The van der Waals surface area contributed by atoms with Gasteiger partial charge in [0, 0.05) is 25.6 Å². The maximum absolute atomic E-state index is 13.7. The first kappa shape index (κ1) is 32.1. The number of alkyl halides is 2. The molecule has 226 valence electrons. The molecule has 1 aliphatic carbocycles. The molecule has 1 saturated carbocycles. The molecular formula is C29H38F2N2O7S. The van der Waals surface area contributed by atoms with Gasteiger partial charge in [0.15, 0.2) is 20.3 Å². The molecule has 41 heavy (non-hydrogen) atoms. The number of carboxylic acid groups (broad SMARTS) is 1. The van der Waals surface area contributed by atoms with Crippen molar-refractivity contribution in [1.29, 1.82) is 0 Å². The van der Waals surface area contributed by atoms with Gasteiger partial charge in [-0.25, -0.2) is 26.8 Å². The number of carbonyl (C=O) groups is 2.